The maximum absolute atomic E-state index is 4.67. The lowest BCUT2D eigenvalue weighted by molar-refractivity contribution is 0.252. The van der Waals surface area contributed by atoms with Gasteiger partial charge in [-0.25, -0.2) is 4.98 Å². The number of hydrogen-bond acceptors (Lipinski definition) is 2. The highest BCUT2D eigenvalue weighted by atomic mass is 15.2. The first-order valence-corrected chi connectivity index (χ1v) is 7.92. The maximum atomic E-state index is 4.67. The molecule has 0 amide bonds. The highest BCUT2D eigenvalue weighted by Gasteiger charge is 2.27. The summed E-state index contributed by atoms with van der Waals surface area (Å²) in [5.74, 6) is 2.65. The van der Waals surface area contributed by atoms with E-state index in [4.69, 9.17) is 0 Å². The van der Waals surface area contributed by atoms with Crippen LogP contribution < -0.4 is 5.32 Å². The molecule has 1 heterocycles. The van der Waals surface area contributed by atoms with E-state index >= 15 is 0 Å². The summed E-state index contributed by atoms with van der Waals surface area (Å²) in [4.78, 5) is 4.67. The standard InChI is InChI=1S/C16H29N3/c1-5-6-10-19-11-13(3)17-16(19)18-15-9-7-8-12(2)14(15)4/h11-12,14-15H,5-10H2,1-4H3,(H,17,18). The van der Waals surface area contributed by atoms with Gasteiger partial charge in [-0.3, -0.25) is 0 Å². The van der Waals surface area contributed by atoms with Crippen LogP contribution in [0.3, 0.4) is 0 Å². The van der Waals surface area contributed by atoms with Gasteiger partial charge < -0.3 is 9.88 Å². The lowest BCUT2D eigenvalue weighted by Gasteiger charge is -2.35. The normalized spacial score (nSPS) is 27.5. The second-order valence-electron chi connectivity index (χ2n) is 6.27. The van der Waals surface area contributed by atoms with Crippen molar-refractivity contribution < 1.29 is 0 Å². The molecular weight excluding hydrogens is 234 g/mol. The van der Waals surface area contributed by atoms with E-state index in [1.165, 1.54) is 32.1 Å². The van der Waals surface area contributed by atoms with Crippen molar-refractivity contribution >= 4 is 5.95 Å². The average Bonchev–Trinajstić information content (AvgIpc) is 2.73. The van der Waals surface area contributed by atoms with E-state index in [-0.39, 0.29) is 0 Å². The van der Waals surface area contributed by atoms with Crippen LogP contribution in [-0.4, -0.2) is 15.6 Å². The predicted octanol–water partition coefficient (Wildman–Crippen LogP) is 4.23. The number of imidazole rings is 1. The van der Waals surface area contributed by atoms with Crippen molar-refractivity contribution in [3.05, 3.63) is 11.9 Å². The van der Waals surface area contributed by atoms with Crippen molar-refractivity contribution in [2.75, 3.05) is 5.32 Å². The summed E-state index contributed by atoms with van der Waals surface area (Å²) >= 11 is 0. The lowest BCUT2D eigenvalue weighted by Crippen LogP contribution is -2.35. The Morgan fingerprint density at radius 1 is 1.37 bits per heavy atom. The highest BCUT2D eigenvalue weighted by Crippen LogP contribution is 2.31. The summed E-state index contributed by atoms with van der Waals surface area (Å²) in [7, 11) is 0. The molecule has 2 rings (SSSR count). The summed E-state index contributed by atoms with van der Waals surface area (Å²) < 4.78 is 2.30. The van der Waals surface area contributed by atoms with Gasteiger partial charge in [-0.1, -0.05) is 40.0 Å². The van der Waals surface area contributed by atoms with E-state index in [1.807, 2.05) is 0 Å². The van der Waals surface area contributed by atoms with Crippen molar-refractivity contribution in [2.45, 2.75) is 72.4 Å². The maximum Gasteiger partial charge on any atom is 0.203 e. The van der Waals surface area contributed by atoms with Gasteiger partial charge in [0.05, 0.1) is 5.69 Å². The van der Waals surface area contributed by atoms with E-state index in [1.54, 1.807) is 0 Å². The molecule has 0 aromatic carbocycles. The Balaban J connectivity index is 2.05. The van der Waals surface area contributed by atoms with Gasteiger partial charge in [0.25, 0.3) is 0 Å². The number of nitrogens with one attached hydrogen (secondary N) is 1. The van der Waals surface area contributed by atoms with E-state index < -0.39 is 0 Å². The van der Waals surface area contributed by atoms with Crippen LogP contribution in [0.2, 0.25) is 0 Å². The summed E-state index contributed by atoms with van der Waals surface area (Å²) in [6, 6.07) is 0.589. The summed E-state index contributed by atoms with van der Waals surface area (Å²) in [6.45, 7) is 10.2. The van der Waals surface area contributed by atoms with Crippen LogP contribution in [0.5, 0.6) is 0 Å². The van der Waals surface area contributed by atoms with Crippen LogP contribution >= 0.6 is 0 Å². The fourth-order valence-corrected chi connectivity index (χ4v) is 3.11. The smallest absolute Gasteiger partial charge is 0.203 e. The first-order chi connectivity index (χ1) is 9.11. The molecule has 3 nitrogen and oxygen atoms in total. The molecule has 0 spiro atoms. The minimum Gasteiger partial charge on any atom is -0.353 e. The Labute approximate surface area is 117 Å². The molecule has 108 valence electrons. The zero-order valence-corrected chi connectivity index (χ0v) is 12.9. The minimum atomic E-state index is 0.589. The van der Waals surface area contributed by atoms with Crippen LogP contribution in [0.15, 0.2) is 6.20 Å². The Morgan fingerprint density at radius 2 is 2.16 bits per heavy atom. The van der Waals surface area contributed by atoms with Crippen LogP contribution in [0, 0.1) is 18.8 Å². The molecule has 1 fully saturated rings. The predicted molar refractivity (Wildman–Crippen MR) is 81.5 cm³/mol. The molecular formula is C16H29N3. The molecule has 0 aliphatic heterocycles. The zero-order chi connectivity index (χ0) is 13.8. The molecule has 0 radical (unpaired) electrons. The summed E-state index contributed by atoms with van der Waals surface area (Å²) in [5, 5.41) is 3.71. The molecule has 1 aliphatic carbocycles. The molecule has 19 heavy (non-hydrogen) atoms. The highest BCUT2D eigenvalue weighted by molar-refractivity contribution is 5.30. The quantitative estimate of drug-likeness (QED) is 0.861. The van der Waals surface area contributed by atoms with E-state index in [9.17, 15) is 0 Å². The van der Waals surface area contributed by atoms with E-state index in [0.717, 1.165) is 30.0 Å². The third-order valence-electron chi connectivity index (χ3n) is 4.67. The monoisotopic (exact) mass is 263 g/mol. The number of aryl methyl sites for hydroxylation is 2. The van der Waals surface area contributed by atoms with Crippen LogP contribution in [0.4, 0.5) is 5.95 Å². The van der Waals surface area contributed by atoms with Crippen molar-refractivity contribution in [3.8, 4) is 0 Å². The molecule has 1 aromatic rings. The van der Waals surface area contributed by atoms with Crippen molar-refractivity contribution in [2.24, 2.45) is 11.8 Å². The fraction of sp³-hybridized carbons (Fsp3) is 0.812. The zero-order valence-electron chi connectivity index (χ0n) is 12.9. The van der Waals surface area contributed by atoms with Gasteiger partial charge in [0.1, 0.15) is 0 Å². The average molecular weight is 263 g/mol. The largest absolute Gasteiger partial charge is 0.353 e. The fourth-order valence-electron chi connectivity index (χ4n) is 3.11. The Bertz CT molecular complexity index is 397. The molecule has 3 heteroatoms. The Kier molecular flexibility index (Phi) is 4.89. The molecule has 1 aromatic heterocycles. The van der Waals surface area contributed by atoms with Gasteiger partial charge in [0.2, 0.25) is 5.95 Å². The van der Waals surface area contributed by atoms with Gasteiger partial charge in [-0.2, -0.15) is 0 Å². The molecule has 3 unspecified atom stereocenters. The van der Waals surface area contributed by atoms with Gasteiger partial charge in [-0.15, -0.1) is 0 Å². The number of unbranched alkanes of at least 4 members (excludes halogenated alkanes) is 1. The van der Waals surface area contributed by atoms with E-state index in [2.05, 4.69) is 48.8 Å². The molecule has 1 aliphatic rings. The van der Waals surface area contributed by atoms with Gasteiger partial charge >= 0.3 is 0 Å². The minimum absolute atomic E-state index is 0.589. The SMILES string of the molecule is CCCCn1cc(C)nc1NC1CCCC(C)C1C. The first-order valence-electron chi connectivity index (χ1n) is 7.92. The number of rotatable bonds is 5. The first kappa shape index (κ1) is 14.4. The van der Waals surface area contributed by atoms with Gasteiger partial charge in [0, 0.05) is 18.8 Å². The van der Waals surface area contributed by atoms with Crippen molar-refractivity contribution in [1.29, 1.82) is 0 Å². The number of nitrogens with zero attached hydrogens (tertiary/aromatic N) is 2. The third-order valence-corrected chi connectivity index (χ3v) is 4.67. The van der Waals surface area contributed by atoms with E-state index in [0.29, 0.717) is 6.04 Å². The summed E-state index contributed by atoms with van der Waals surface area (Å²) in [5.41, 5.74) is 1.12. The topological polar surface area (TPSA) is 29.9 Å². The van der Waals surface area contributed by atoms with Crippen molar-refractivity contribution in [1.82, 2.24) is 9.55 Å². The Morgan fingerprint density at radius 3 is 2.89 bits per heavy atom. The molecule has 1 N–H and O–H groups in total. The van der Waals surface area contributed by atoms with Crippen LogP contribution in [0.1, 0.15) is 58.6 Å². The molecule has 0 saturated heterocycles. The number of hydrogen-bond donors (Lipinski definition) is 1. The Hall–Kier alpha value is -0.990. The molecule has 3 atom stereocenters. The van der Waals surface area contributed by atoms with Gasteiger partial charge in [-0.05, 0) is 31.6 Å². The second-order valence-corrected chi connectivity index (χ2v) is 6.27. The second kappa shape index (κ2) is 6.44. The third kappa shape index (κ3) is 3.52. The summed E-state index contributed by atoms with van der Waals surface area (Å²) in [6.07, 6.45) is 8.63. The molecule has 0 bridgehead atoms. The van der Waals surface area contributed by atoms with Gasteiger partial charge in [0.15, 0.2) is 0 Å². The van der Waals surface area contributed by atoms with Crippen LogP contribution in [0.25, 0.3) is 0 Å². The lowest BCUT2D eigenvalue weighted by atomic mass is 9.78. The number of anilines is 1. The number of aromatic nitrogens is 2. The molecule has 1 saturated carbocycles. The van der Waals surface area contributed by atoms with Crippen molar-refractivity contribution in [3.63, 3.8) is 0 Å². The van der Waals surface area contributed by atoms with Crippen LogP contribution in [-0.2, 0) is 6.54 Å².